The van der Waals surface area contributed by atoms with E-state index in [1.54, 1.807) is 4.90 Å². The van der Waals surface area contributed by atoms with Gasteiger partial charge in [-0.25, -0.2) is 0 Å². The molecule has 3 rings (SSSR count). The van der Waals surface area contributed by atoms with E-state index < -0.39 is 0 Å². The van der Waals surface area contributed by atoms with E-state index in [0.29, 0.717) is 36.7 Å². The van der Waals surface area contributed by atoms with Gasteiger partial charge >= 0.3 is 0 Å². The number of likely N-dealkylation sites (tertiary alicyclic amines) is 1. The number of benzene rings is 2. The van der Waals surface area contributed by atoms with E-state index in [-0.39, 0.29) is 24.3 Å². The van der Waals surface area contributed by atoms with Crippen LogP contribution in [0.2, 0.25) is 5.02 Å². The Morgan fingerprint density at radius 1 is 1.11 bits per heavy atom. The zero-order valence-electron chi connectivity index (χ0n) is 16.2. The molecule has 0 aliphatic carbocycles. The van der Waals surface area contributed by atoms with Crippen LogP contribution >= 0.6 is 11.6 Å². The lowest BCUT2D eigenvalue weighted by Gasteiger charge is -2.31. The predicted molar refractivity (Wildman–Crippen MR) is 111 cm³/mol. The van der Waals surface area contributed by atoms with Crippen molar-refractivity contribution in [3.05, 3.63) is 58.6 Å². The largest absolute Gasteiger partial charge is 0.483 e. The Hall–Kier alpha value is -2.53. The number of nitrogens with zero attached hydrogens (tertiary/aromatic N) is 1. The normalized spacial score (nSPS) is 14.6. The first-order valence-corrected chi connectivity index (χ1v) is 9.85. The first-order chi connectivity index (χ1) is 13.4. The fourth-order valence-electron chi connectivity index (χ4n) is 3.51. The lowest BCUT2D eigenvalue weighted by Crippen LogP contribution is -2.43. The number of carbonyl (C=O) groups excluding carboxylic acids is 2. The van der Waals surface area contributed by atoms with Crippen molar-refractivity contribution >= 4 is 29.1 Å². The van der Waals surface area contributed by atoms with E-state index in [4.69, 9.17) is 16.3 Å². The van der Waals surface area contributed by atoms with Crippen molar-refractivity contribution < 1.29 is 14.3 Å². The van der Waals surface area contributed by atoms with Gasteiger partial charge in [0.05, 0.1) is 0 Å². The van der Waals surface area contributed by atoms with Gasteiger partial charge in [-0.1, -0.05) is 29.8 Å². The number of halogens is 1. The minimum atomic E-state index is -0.0778. The zero-order chi connectivity index (χ0) is 20.1. The molecule has 0 unspecified atom stereocenters. The van der Waals surface area contributed by atoms with Crippen molar-refractivity contribution in [1.29, 1.82) is 0 Å². The number of para-hydroxylation sites is 1. The molecule has 1 saturated heterocycles. The highest BCUT2D eigenvalue weighted by Crippen LogP contribution is 2.27. The molecular weight excluding hydrogens is 376 g/mol. The fourth-order valence-corrected chi connectivity index (χ4v) is 3.83. The van der Waals surface area contributed by atoms with Crippen LogP contribution in [0.4, 0.5) is 5.69 Å². The molecule has 6 heteroatoms. The molecule has 1 aliphatic rings. The second-order valence-corrected chi connectivity index (χ2v) is 7.60. The standard InChI is InChI=1S/C22H25ClN2O3/c1-15-12-18(23)13-16(2)21(15)28-14-20(26)25-10-8-17(9-11-25)22(27)24-19-6-4-3-5-7-19/h3-7,12-13,17H,8-11,14H2,1-2H3,(H,24,27). The molecule has 0 radical (unpaired) electrons. The number of amides is 2. The number of rotatable bonds is 5. The average Bonchev–Trinajstić information content (AvgIpc) is 2.68. The van der Waals surface area contributed by atoms with E-state index in [1.165, 1.54) is 0 Å². The Morgan fingerprint density at radius 2 is 1.71 bits per heavy atom. The number of anilines is 1. The summed E-state index contributed by atoms with van der Waals surface area (Å²) in [6.07, 6.45) is 1.31. The summed E-state index contributed by atoms with van der Waals surface area (Å²) in [6, 6.07) is 13.1. The van der Waals surface area contributed by atoms with Gasteiger partial charge in [-0.05, 0) is 62.1 Å². The molecule has 148 valence electrons. The van der Waals surface area contributed by atoms with E-state index in [0.717, 1.165) is 16.8 Å². The Labute approximate surface area is 170 Å². The van der Waals surface area contributed by atoms with Crippen molar-refractivity contribution in [2.75, 3.05) is 25.0 Å². The van der Waals surface area contributed by atoms with Gasteiger partial charge < -0.3 is 15.0 Å². The lowest BCUT2D eigenvalue weighted by molar-refractivity contribution is -0.136. The molecule has 0 aromatic heterocycles. The topological polar surface area (TPSA) is 58.6 Å². The average molecular weight is 401 g/mol. The Bertz CT molecular complexity index is 823. The molecule has 1 heterocycles. The van der Waals surface area contributed by atoms with Crippen LogP contribution in [0.15, 0.2) is 42.5 Å². The number of hydrogen-bond donors (Lipinski definition) is 1. The van der Waals surface area contributed by atoms with Crippen LogP contribution in [0.5, 0.6) is 5.75 Å². The van der Waals surface area contributed by atoms with Crippen molar-refractivity contribution in [1.82, 2.24) is 4.90 Å². The number of nitrogens with one attached hydrogen (secondary N) is 1. The van der Waals surface area contributed by atoms with E-state index >= 15 is 0 Å². The van der Waals surface area contributed by atoms with Crippen LogP contribution < -0.4 is 10.1 Å². The van der Waals surface area contributed by atoms with Gasteiger partial charge in [0, 0.05) is 29.7 Å². The number of ether oxygens (including phenoxy) is 1. The van der Waals surface area contributed by atoms with Gasteiger partial charge in [-0.15, -0.1) is 0 Å². The van der Waals surface area contributed by atoms with Crippen LogP contribution in [-0.2, 0) is 9.59 Å². The maximum Gasteiger partial charge on any atom is 0.260 e. The molecule has 1 aliphatic heterocycles. The van der Waals surface area contributed by atoms with Crippen LogP contribution in [0.3, 0.4) is 0 Å². The first kappa shape index (κ1) is 20.2. The maximum atomic E-state index is 12.5. The minimum Gasteiger partial charge on any atom is -0.483 e. The summed E-state index contributed by atoms with van der Waals surface area (Å²) in [5.74, 6) is 0.582. The molecule has 5 nitrogen and oxygen atoms in total. The summed E-state index contributed by atoms with van der Waals surface area (Å²) >= 11 is 6.03. The summed E-state index contributed by atoms with van der Waals surface area (Å²) in [6.45, 7) is 4.94. The Balaban J connectivity index is 1.48. The van der Waals surface area contributed by atoms with Crippen LogP contribution in [0.1, 0.15) is 24.0 Å². The highest BCUT2D eigenvalue weighted by Gasteiger charge is 2.27. The fraction of sp³-hybridized carbons (Fsp3) is 0.364. The highest BCUT2D eigenvalue weighted by molar-refractivity contribution is 6.30. The second kappa shape index (κ2) is 9.11. The van der Waals surface area contributed by atoms with Crippen LogP contribution in [0.25, 0.3) is 0 Å². The smallest absolute Gasteiger partial charge is 0.260 e. The van der Waals surface area contributed by atoms with Gasteiger partial charge in [0.15, 0.2) is 6.61 Å². The maximum absolute atomic E-state index is 12.5. The quantitative estimate of drug-likeness (QED) is 0.817. The molecule has 0 atom stereocenters. The lowest BCUT2D eigenvalue weighted by atomic mass is 9.95. The van der Waals surface area contributed by atoms with Gasteiger partial charge in [-0.3, -0.25) is 9.59 Å². The van der Waals surface area contributed by atoms with Crippen LogP contribution in [0, 0.1) is 19.8 Å². The van der Waals surface area contributed by atoms with Gasteiger partial charge in [-0.2, -0.15) is 0 Å². The molecule has 2 aromatic carbocycles. The van der Waals surface area contributed by atoms with Gasteiger partial charge in [0.1, 0.15) is 5.75 Å². The molecule has 0 spiro atoms. The molecule has 2 aromatic rings. The zero-order valence-corrected chi connectivity index (χ0v) is 17.0. The summed E-state index contributed by atoms with van der Waals surface area (Å²) < 4.78 is 5.76. The minimum absolute atomic E-state index is 0.00973. The van der Waals surface area contributed by atoms with E-state index in [9.17, 15) is 9.59 Å². The van der Waals surface area contributed by atoms with Crippen molar-refractivity contribution in [3.63, 3.8) is 0 Å². The predicted octanol–water partition coefficient (Wildman–Crippen LogP) is 4.21. The molecule has 2 amide bonds. The summed E-state index contributed by atoms with van der Waals surface area (Å²) in [7, 11) is 0. The molecular formula is C22H25ClN2O3. The molecule has 0 bridgehead atoms. The monoisotopic (exact) mass is 400 g/mol. The molecule has 28 heavy (non-hydrogen) atoms. The SMILES string of the molecule is Cc1cc(Cl)cc(C)c1OCC(=O)N1CCC(C(=O)Nc2ccccc2)CC1. The molecule has 0 saturated carbocycles. The number of piperidine rings is 1. The third-order valence-electron chi connectivity index (χ3n) is 5.02. The van der Waals surface area contributed by atoms with Gasteiger partial charge in [0.25, 0.3) is 5.91 Å². The van der Waals surface area contributed by atoms with Gasteiger partial charge in [0.2, 0.25) is 5.91 Å². The third-order valence-corrected chi connectivity index (χ3v) is 5.24. The first-order valence-electron chi connectivity index (χ1n) is 9.47. The van der Waals surface area contributed by atoms with Crippen molar-refractivity contribution in [3.8, 4) is 5.75 Å². The molecule has 1 N–H and O–H groups in total. The second-order valence-electron chi connectivity index (χ2n) is 7.17. The van der Waals surface area contributed by atoms with Crippen molar-refractivity contribution in [2.24, 2.45) is 5.92 Å². The summed E-state index contributed by atoms with van der Waals surface area (Å²) in [4.78, 5) is 26.7. The number of aryl methyl sites for hydroxylation is 2. The highest BCUT2D eigenvalue weighted by atomic mass is 35.5. The molecule has 1 fully saturated rings. The van der Waals surface area contributed by atoms with Crippen molar-refractivity contribution in [2.45, 2.75) is 26.7 Å². The number of hydrogen-bond acceptors (Lipinski definition) is 3. The third kappa shape index (κ3) is 5.04. The Morgan fingerprint density at radius 3 is 2.32 bits per heavy atom. The van der Waals surface area contributed by atoms with E-state index in [2.05, 4.69) is 5.32 Å². The summed E-state index contributed by atoms with van der Waals surface area (Å²) in [5, 5.41) is 3.60. The van der Waals surface area contributed by atoms with E-state index in [1.807, 2.05) is 56.3 Å². The Kier molecular flexibility index (Phi) is 6.57. The van der Waals surface area contributed by atoms with Crippen LogP contribution in [-0.4, -0.2) is 36.4 Å². The summed E-state index contributed by atoms with van der Waals surface area (Å²) in [5.41, 5.74) is 2.62. The number of carbonyl (C=O) groups is 2.